The van der Waals surface area contributed by atoms with Crippen LogP contribution in [0.5, 0.6) is 0 Å². The van der Waals surface area contributed by atoms with E-state index in [4.69, 9.17) is 0 Å². The minimum Gasteiger partial charge on any atom is -0.369 e. The maximum absolute atomic E-state index is 12.3. The molecule has 4 nitrogen and oxygen atoms in total. The minimum atomic E-state index is 0.206. The van der Waals surface area contributed by atoms with Crippen molar-refractivity contribution < 1.29 is 4.79 Å². The van der Waals surface area contributed by atoms with Crippen molar-refractivity contribution >= 4 is 11.6 Å². The van der Waals surface area contributed by atoms with Crippen LogP contribution in [-0.2, 0) is 4.79 Å². The van der Waals surface area contributed by atoms with E-state index < -0.39 is 0 Å². The SMILES string of the molecule is Cc1cccc(N2CCN(CCC3CCC(NC(=O)C4=CCCC4)CC3)CC2)c1. The Hall–Kier alpha value is -1.81. The molecule has 0 bridgehead atoms. The summed E-state index contributed by atoms with van der Waals surface area (Å²) in [5.74, 6) is 1.04. The highest BCUT2D eigenvalue weighted by Gasteiger charge is 2.25. The number of piperazine rings is 1. The third-order valence-electron chi connectivity index (χ3n) is 7.11. The summed E-state index contributed by atoms with van der Waals surface area (Å²) in [6, 6.07) is 9.28. The molecule has 2 aliphatic carbocycles. The first-order valence-electron chi connectivity index (χ1n) is 11.7. The van der Waals surface area contributed by atoms with Crippen molar-refractivity contribution in [1.82, 2.24) is 10.2 Å². The van der Waals surface area contributed by atoms with E-state index in [9.17, 15) is 4.79 Å². The van der Waals surface area contributed by atoms with Gasteiger partial charge < -0.3 is 10.2 Å². The quantitative estimate of drug-likeness (QED) is 0.780. The van der Waals surface area contributed by atoms with Gasteiger partial charge in [-0.25, -0.2) is 0 Å². The number of allylic oxidation sites excluding steroid dienone is 1. The Kier molecular flexibility index (Phi) is 6.91. The van der Waals surface area contributed by atoms with Crippen LogP contribution in [0.2, 0.25) is 0 Å². The van der Waals surface area contributed by atoms with Crippen LogP contribution in [-0.4, -0.2) is 49.6 Å². The summed E-state index contributed by atoms with van der Waals surface area (Å²) in [5.41, 5.74) is 3.74. The molecular weight excluding hydrogens is 358 g/mol. The van der Waals surface area contributed by atoms with Crippen molar-refractivity contribution in [2.75, 3.05) is 37.6 Å². The zero-order valence-corrected chi connectivity index (χ0v) is 18.0. The van der Waals surface area contributed by atoms with E-state index in [0.717, 1.165) is 56.7 Å². The molecule has 2 fully saturated rings. The summed E-state index contributed by atoms with van der Waals surface area (Å²) < 4.78 is 0. The van der Waals surface area contributed by atoms with Gasteiger partial charge in [-0.05, 0) is 88.4 Å². The number of rotatable bonds is 6. The summed E-state index contributed by atoms with van der Waals surface area (Å²) in [7, 11) is 0. The average Bonchev–Trinajstić information content (AvgIpc) is 3.29. The van der Waals surface area contributed by atoms with Gasteiger partial charge in [-0.2, -0.15) is 0 Å². The molecule has 0 spiro atoms. The van der Waals surface area contributed by atoms with Crippen LogP contribution in [0, 0.1) is 12.8 Å². The lowest BCUT2D eigenvalue weighted by atomic mass is 9.84. The van der Waals surface area contributed by atoms with E-state index >= 15 is 0 Å². The van der Waals surface area contributed by atoms with E-state index in [1.807, 2.05) is 0 Å². The van der Waals surface area contributed by atoms with Crippen LogP contribution in [0.4, 0.5) is 5.69 Å². The van der Waals surface area contributed by atoms with Gasteiger partial charge in [-0.3, -0.25) is 9.69 Å². The number of aryl methyl sites for hydroxylation is 1. The van der Waals surface area contributed by atoms with Gasteiger partial charge in [-0.1, -0.05) is 18.2 Å². The fourth-order valence-corrected chi connectivity index (χ4v) is 5.17. The van der Waals surface area contributed by atoms with Gasteiger partial charge in [0, 0.05) is 43.5 Å². The van der Waals surface area contributed by atoms with Gasteiger partial charge in [0.1, 0.15) is 0 Å². The molecule has 1 N–H and O–H groups in total. The van der Waals surface area contributed by atoms with Crippen LogP contribution in [0.15, 0.2) is 35.9 Å². The van der Waals surface area contributed by atoms with Crippen LogP contribution >= 0.6 is 0 Å². The largest absolute Gasteiger partial charge is 0.369 e. The third kappa shape index (κ3) is 5.63. The summed E-state index contributed by atoms with van der Waals surface area (Å²) in [6.45, 7) is 8.03. The summed E-state index contributed by atoms with van der Waals surface area (Å²) in [4.78, 5) is 17.5. The Morgan fingerprint density at radius 1 is 1.10 bits per heavy atom. The number of hydrogen-bond acceptors (Lipinski definition) is 3. The summed E-state index contributed by atoms with van der Waals surface area (Å²) >= 11 is 0. The van der Waals surface area contributed by atoms with Crippen molar-refractivity contribution in [2.24, 2.45) is 5.92 Å². The van der Waals surface area contributed by atoms with E-state index in [1.165, 1.54) is 50.1 Å². The highest BCUT2D eigenvalue weighted by molar-refractivity contribution is 5.93. The second-order valence-electron chi connectivity index (χ2n) is 9.27. The first-order chi connectivity index (χ1) is 14.2. The Labute approximate surface area is 176 Å². The molecular formula is C25H37N3O. The van der Waals surface area contributed by atoms with E-state index in [-0.39, 0.29) is 5.91 Å². The fraction of sp³-hybridized carbons (Fsp3) is 0.640. The van der Waals surface area contributed by atoms with Crippen molar-refractivity contribution in [1.29, 1.82) is 0 Å². The maximum Gasteiger partial charge on any atom is 0.247 e. The molecule has 1 aromatic carbocycles. The molecule has 1 saturated carbocycles. The van der Waals surface area contributed by atoms with Crippen molar-refractivity contribution in [3.8, 4) is 0 Å². The van der Waals surface area contributed by atoms with Crippen molar-refractivity contribution in [3.05, 3.63) is 41.5 Å². The third-order valence-corrected chi connectivity index (χ3v) is 7.11. The normalized spacial score (nSPS) is 25.7. The predicted octanol–water partition coefficient (Wildman–Crippen LogP) is 4.29. The number of hydrogen-bond donors (Lipinski definition) is 1. The van der Waals surface area contributed by atoms with Crippen LogP contribution in [0.3, 0.4) is 0 Å². The predicted molar refractivity (Wildman–Crippen MR) is 120 cm³/mol. The second-order valence-corrected chi connectivity index (χ2v) is 9.27. The molecule has 1 saturated heterocycles. The van der Waals surface area contributed by atoms with Crippen LogP contribution in [0.1, 0.15) is 56.9 Å². The molecule has 0 radical (unpaired) electrons. The Bertz CT molecular complexity index is 713. The molecule has 3 aliphatic rings. The number of carbonyl (C=O) groups excluding carboxylic acids is 1. The molecule has 4 rings (SSSR count). The standard InChI is InChI=1S/C25H37N3O/c1-20-5-4-8-24(19-20)28-17-15-27(16-18-28)14-13-21-9-11-23(12-10-21)26-25(29)22-6-2-3-7-22/h4-6,8,19,21,23H,2-3,7,9-18H2,1H3,(H,26,29). The molecule has 1 heterocycles. The van der Waals surface area contributed by atoms with Gasteiger partial charge in [0.2, 0.25) is 5.91 Å². The van der Waals surface area contributed by atoms with Gasteiger partial charge in [0.05, 0.1) is 0 Å². The number of anilines is 1. The minimum absolute atomic E-state index is 0.206. The Morgan fingerprint density at radius 3 is 2.59 bits per heavy atom. The number of nitrogens with zero attached hydrogens (tertiary/aromatic N) is 2. The lowest BCUT2D eigenvalue weighted by molar-refractivity contribution is -0.118. The highest BCUT2D eigenvalue weighted by Crippen LogP contribution is 2.28. The fourth-order valence-electron chi connectivity index (χ4n) is 5.17. The average molecular weight is 396 g/mol. The molecule has 1 aliphatic heterocycles. The molecule has 0 unspecified atom stereocenters. The van der Waals surface area contributed by atoms with Crippen LogP contribution in [0.25, 0.3) is 0 Å². The molecule has 158 valence electrons. The lowest BCUT2D eigenvalue weighted by Gasteiger charge is -2.37. The molecule has 0 atom stereocenters. The smallest absolute Gasteiger partial charge is 0.247 e. The van der Waals surface area contributed by atoms with E-state index in [2.05, 4.69) is 52.4 Å². The topological polar surface area (TPSA) is 35.6 Å². The second kappa shape index (κ2) is 9.80. The molecule has 1 aromatic rings. The lowest BCUT2D eigenvalue weighted by Crippen LogP contribution is -2.47. The van der Waals surface area contributed by atoms with Gasteiger partial charge in [-0.15, -0.1) is 0 Å². The number of nitrogens with one attached hydrogen (secondary N) is 1. The Morgan fingerprint density at radius 2 is 1.90 bits per heavy atom. The monoisotopic (exact) mass is 395 g/mol. The van der Waals surface area contributed by atoms with Gasteiger partial charge in [0.25, 0.3) is 0 Å². The number of amides is 1. The summed E-state index contributed by atoms with van der Waals surface area (Å²) in [6.07, 6.45) is 11.5. The van der Waals surface area contributed by atoms with Crippen LogP contribution < -0.4 is 10.2 Å². The zero-order valence-electron chi connectivity index (χ0n) is 18.0. The Balaban J connectivity index is 1.13. The van der Waals surface area contributed by atoms with Crippen molar-refractivity contribution in [3.63, 3.8) is 0 Å². The van der Waals surface area contributed by atoms with Gasteiger partial charge >= 0.3 is 0 Å². The zero-order chi connectivity index (χ0) is 20.1. The number of benzene rings is 1. The van der Waals surface area contributed by atoms with Crippen molar-refractivity contribution in [2.45, 2.75) is 64.3 Å². The van der Waals surface area contributed by atoms with E-state index in [1.54, 1.807) is 0 Å². The molecule has 0 aromatic heterocycles. The molecule has 29 heavy (non-hydrogen) atoms. The summed E-state index contributed by atoms with van der Waals surface area (Å²) in [5, 5.41) is 3.29. The van der Waals surface area contributed by atoms with E-state index in [0.29, 0.717) is 6.04 Å². The first kappa shape index (κ1) is 20.5. The highest BCUT2D eigenvalue weighted by atomic mass is 16.1. The molecule has 4 heteroatoms. The van der Waals surface area contributed by atoms with Gasteiger partial charge in [0.15, 0.2) is 0 Å². The maximum atomic E-state index is 12.3. The first-order valence-corrected chi connectivity index (χ1v) is 11.7. The molecule has 1 amide bonds. The number of carbonyl (C=O) groups is 1.